The van der Waals surface area contributed by atoms with E-state index in [0.29, 0.717) is 0 Å². The molecule has 0 unspecified atom stereocenters. The van der Waals surface area contributed by atoms with Gasteiger partial charge in [0, 0.05) is 17.4 Å². The maximum Gasteiger partial charge on any atom is 0.457 e. The molecule has 1 aliphatic heterocycles. The third-order valence-corrected chi connectivity index (χ3v) is 0.667. The molecule has 0 atom stereocenters. The number of rotatable bonds is 0. The summed E-state index contributed by atoms with van der Waals surface area (Å²) in [5, 5.41) is 3.35. The van der Waals surface area contributed by atoms with Gasteiger partial charge >= 0.3 is 10.4 Å². The summed E-state index contributed by atoms with van der Waals surface area (Å²) in [4.78, 5) is 0. The van der Waals surface area contributed by atoms with Crippen molar-refractivity contribution < 1.29 is 22.1 Å². The third kappa shape index (κ3) is 1.73. The maximum atomic E-state index is 9.52. The van der Waals surface area contributed by atoms with Gasteiger partial charge in [-0.3, -0.25) is 0 Å². The van der Waals surface area contributed by atoms with Crippen molar-refractivity contribution in [1.29, 1.82) is 0 Å². The molecule has 0 spiro atoms. The van der Waals surface area contributed by atoms with Crippen LogP contribution >= 0.6 is 0 Å². The lowest BCUT2D eigenvalue weighted by atomic mass is 14.5. The fourth-order valence-corrected chi connectivity index (χ4v) is 0.219. The fraction of sp³-hybridized carbons (Fsp3) is 0. The van der Waals surface area contributed by atoms with Gasteiger partial charge in [0.05, 0.1) is 0 Å². The first kappa shape index (κ1) is 7.36. The van der Waals surface area contributed by atoms with Crippen LogP contribution in [0.25, 0.3) is 0 Å². The largest absolute Gasteiger partial charge is 0.457 e. The minimum Gasteiger partial charge on any atom is -0.164 e. The Morgan fingerprint density at radius 1 is 1.14 bits per heavy atom. The minimum atomic E-state index is -3.70. The van der Waals surface area contributed by atoms with E-state index in [1.807, 2.05) is 0 Å². The lowest BCUT2D eigenvalue weighted by Gasteiger charge is -2.05. The molecule has 1 fully saturated rings. The van der Waals surface area contributed by atoms with Crippen LogP contribution in [0.4, 0.5) is 0 Å². The fourth-order valence-electron chi connectivity index (χ4n) is 0.0731. The second-order valence-electron chi connectivity index (χ2n) is 0.612. The van der Waals surface area contributed by atoms with Crippen molar-refractivity contribution >= 4 is 27.8 Å². The molecule has 7 heteroatoms. The normalized spacial score (nSPS) is 24.6. The van der Waals surface area contributed by atoms with Gasteiger partial charge < -0.3 is 0 Å². The Bertz CT molecular complexity index is 122. The van der Waals surface area contributed by atoms with Gasteiger partial charge in [-0.1, -0.05) is 0 Å². The third-order valence-electron chi connectivity index (χ3n) is 0.222. The average molecular weight is 139 g/mol. The molecule has 3 radical (unpaired) electrons. The summed E-state index contributed by atoms with van der Waals surface area (Å²) >= 11 is 0. The molecule has 0 aromatic rings. The van der Waals surface area contributed by atoms with Crippen molar-refractivity contribution in [2.24, 2.45) is 0 Å². The second-order valence-corrected chi connectivity index (χ2v) is 1.70. The number of hydrogen-bond donors (Lipinski definition) is 0. The molecule has 7 heavy (non-hydrogen) atoms. The molecular formula is AlO5S. The molecule has 0 aromatic heterocycles. The van der Waals surface area contributed by atoms with Crippen LogP contribution in [0.15, 0.2) is 0 Å². The lowest BCUT2D eigenvalue weighted by Crippen LogP contribution is -2.20. The SMILES string of the molecule is O=S1(=O)OOO1.[Al]. The van der Waals surface area contributed by atoms with E-state index < -0.39 is 10.4 Å². The van der Waals surface area contributed by atoms with Crippen LogP contribution in [0.2, 0.25) is 0 Å². The highest BCUT2D eigenvalue weighted by molar-refractivity contribution is 7.82. The van der Waals surface area contributed by atoms with Crippen LogP contribution in [-0.2, 0) is 24.1 Å². The van der Waals surface area contributed by atoms with E-state index in [2.05, 4.69) is 13.7 Å². The molecule has 1 saturated heterocycles. The van der Waals surface area contributed by atoms with E-state index in [9.17, 15) is 8.42 Å². The van der Waals surface area contributed by atoms with Crippen molar-refractivity contribution in [3.63, 3.8) is 0 Å². The molecule has 1 aliphatic rings. The summed E-state index contributed by atoms with van der Waals surface area (Å²) in [5.74, 6) is 0. The monoisotopic (exact) mass is 139 g/mol. The highest BCUT2D eigenvalue weighted by Gasteiger charge is 2.26. The number of hydrogen-bond acceptors (Lipinski definition) is 5. The first-order valence-electron chi connectivity index (χ1n) is 1.00. The van der Waals surface area contributed by atoms with Crippen LogP contribution in [0, 0.1) is 0 Å². The predicted octanol–water partition coefficient (Wildman–Crippen LogP) is -1.26. The van der Waals surface area contributed by atoms with Crippen LogP contribution in [0.3, 0.4) is 0 Å². The molecule has 1 heterocycles. The van der Waals surface area contributed by atoms with Crippen molar-refractivity contribution in [2.45, 2.75) is 0 Å². The smallest absolute Gasteiger partial charge is 0.164 e. The zero-order chi connectivity index (χ0) is 4.62. The molecule has 0 N–H and O–H groups in total. The van der Waals surface area contributed by atoms with E-state index in [4.69, 9.17) is 0 Å². The van der Waals surface area contributed by atoms with E-state index >= 15 is 0 Å². The van der Waals surface area contributed by atoms with Crippen LogP contribution in [0.1, 0.15) is 0 Å². The maximum absolute atomic E-state index is 9.52. The van der Waals surface area contributed by atoms with Crippen molar-refractivity contribution in [3.05, 3.63) is 0 Å². The van der Waals surface area contributed by atoms with E-state index in [0.717, 1.165) is 0 Å². The summed E-state index contributed by atoms with van der Waals surface area (Å²) in [6, 6.07) is 0. The van der Waals surface area contributed by atoms with Crippen LogP contribution in [0.5, 0.6) is 0 Å². The first-order valence-corrected chi connectivity index (χ1v) is 2.33. The highest BCUT2D eigenvalue weighted by Crippen LogP contribution is 2.07. The standard InChI is InChI=1S/Al.O5S/c;1-6(2)4-3-5-6. The molecule has 0 aliphatic carbocycles. The van der Waals surface area contributed by atoms with Gasteiger partial charge in [0.2, 0.25) is 0 Å². The molecule has 5 nitrogen and oxygen atoms in total. The van der Waals surface area contributed by atoms with E-state index in [1.54, 1.807) is 0 Å². The molecule has 39 valence electrons. The van der Waals surface area contributed by atoms with E-state index in [-0.39, 0.29) is 17.4 Å². The van der Waals surface area contributed by atoms with Gasteiger partial charge in [0.25, 0.3) is 0 Å². The van der Waals surface area contributed by atoms with Crippen LogP contribution < -0.4 is 0 Å². The lowest BCUT2D eigenvalue weighted by molar-refractivity contribution is -0.477. The summed E-state index contributed by atoms with van der Waals surface area (Å²) in [7, 11) is -3.70. The Balaban J connectivity index is 0.000000360. The Labute approximate surface area is 50.5 Å². The van der Waals surface area contributed by atoms with Gasteiger partial charge in [-0.15, -0.1) is 0 Å². The second kappa shape index (κ2) is 2.09. The summed E-state index contributed by atoms with van der Waals surface area (Å²) < 4.78 is 25.8. The Morgan fingerprint density at radius 3 is 1.43 bits per heavy atom. The first-order chi connectivity index (χ1) is 2.71. The van der Waals surface area contributed by atoms with Gasteiger partial charge in [-0.2, -0.15) is 8.42 Å². The predicted molar refractivity (Wildman–Crippen MR) is 17.9 cm³/mol. The van der Waals surface area contributed by atoms with Gasteiger partial charge in [0.15, 0.2) is 0 Å². The topological polar surface area (TPSA) is 61.8 Å². The summed E-state index contributed by atoms with van der Waals surface area (Å²) in [6.07, 6.45) is 0. The average Bonchev–Trinajstić information content (AvgIpc) is 1.32. The summed E-state index contributed by atoms with van der Waals surface area (Å²) in [5.41, 5.74) is 0. The van der Waals surface area contributed by atoms with Gasteiger partial charge in [0.1, 0.15) is 0 Å². The molecule has 0 saturated carbocycles. The zero-order valence-corrected chi connectivity index (χ0v) is 5.00. The quantitative estimate of drug-likeness (QED) is 0.309. The molecule has 0 aromatic carbocycles. The highest BCUT2D eigenvalue weighted by atomic mass is 32.3. The van der Waals surface area contributed by atoms with Gasteiger partial charge in [-0.25, -0.2) is 0 Å². The van der Waals surface area contributed by atoms with Crippen molar-refractivity contribution in [2.75, 3.05) is 0 Å². The minimum absolute atomic E-state index is 0. The van der Waals surface area contributed by atoms with Gasteiger partial charge in [-0.05, 0) is 13.7 Å². The van der Waals surface area contributed by atoms with Crippen molar-refractivity contribution in [3.8, 4) is 0 Å². The molecule has 1 rings (SSSR count). The molecular weight excluding hydrogens is 139 g/mol. The van der Waals surface area contributed by atoms with Crippen LogP contribution in [-0.4, -0.2) is 25.8 Å². The van der Waals surface area contributed by atoms with Crippen molar-refractivity contribution in [1.82, 2.24) is 0 Å². The molecule has 0 amide bonds. The zero-order valence-electron chi connectivity index (χ0n) is 3.03. The Morgan fingerprint density at radius 2 is 1.43 bits per heavy atom. The molecule has 0 bridgehead atoms. The Hall–Kier alpha value is 0.362. The Kier molecular flexibility index (Phi) is 2.20. The summed E-state index contributed by atoms with van der Waals surface area (Å²) in [6.45, 7) is 0. The van der Waals surface area contributed by atoms with E-state index in [1.165, 1.54) is 0 Å².